The lowest BCUT2D eigenvalue weighted by molar-refractivity contribution is 0.0277. The predicted octanol–water partition coefficient (Wildman–Crippen LogP) is 4.68. The van der Waals surface area contributed by atoms with Crippen LogP contribution in [0, 0.1) is 5.41 Å². The van der Waals surface area contributed by atoms with Crippen molar-refractivity contribution in [2.75, 3.05) is 19.7 Å². The van der Waals surface area contributed by atoms with Crippen LogP contribution in [0.5, 0.6) is 0 Å². The second kappa shape index (κ2) is 6.28. The number of hydrogen-bond acceptors (Lipinski definition) is 2. The van der Waals surface area contributed by atoms with Crippen molar-refractivity contribution in [3.63, 3.8) is 0 Å². The van der Waals surface area contributed by atoms with Crippen LogP contribution in [0.2, 0.25) is 5.02 Å². The Labute approximate surface area is 133 Å². The van der Waals surface area contributed by atoms with Crippen molar-refractivity contribution < 1.29 is 4.74 Å². The lowest BCUT2D eigenvalue weighted by Crippen LogP contribution is -2.33. The molecule has 2 nitrogen and oxygen atoms in total. The van der Waals surface area contributed by atoms with Gasteiger partial charge in [-0.15, -0.1) is 0 Å². The molecule has 1 aliphatic carbocycles. The van der Waals surface area contributed by atoms with E-state index in [1.807, 2.05) is 0 Å². The second-order valence-corrected chi connectivity index (χ2v) is 7.69. The zero-order chi connectivity index (χ0) is 14.9. The van der Waals surface area contributed by atoms with Gasteiger partial charge in [0, 0.05) is 18.1 Å². The van der Waals surface area contributed by atoms with E-state index in [0.29, 0.717) is 11.3 Å². The van der Waals surface area contributed by atoms with Gasteiger partial charge in [0.1, 0.15) is 0 Å². The third kappa shape index (κ3) is 3.61. The third-order valence-corrected chi connectivity index (χ3v) is 5.43. The number of benzene rings is 1. The number of ether oxygens (including phenoxy) is 1. The van der Waals surface area contributed by atoms with E-state index in [0.717, 1.165) is 24.7 Å². The third-order valence-electron chi connectivity index (χ3n) is 5.10. The van der Waals surface area contributed by atoms with Gasteiger partial charge in [-0.05, 0) is 54.2 Å². The summed E-state index contributed by atoms with van der Waals surface area (Å²) in [6.45, 7) is 7.36. The highest BCUT2D eigenvalue weighted by Crippen LogP contribution is 2.44. The maximum absolute atomic E-state index is 6.58. The van der Waals surface area contributed by atoms with E-state index >= 15 is 0 Å². The Hall–Kier alpha value is -0.570. The first-order valence-electron chi connectivity index (χ1n) is 8.17. The molecule has 1 aliphatic heterocycles. The molecule has 21 heavy (non-hydrogen) atoms. The van der Waals surface area contributed by atoms with Gasteiger partial charge >= 0.3 is 0 Å². The molecule has 1 saturated heterocycles. The average Bonchev–Trinajstić information content (AvgIpc) is 2.49. The molecule has 1 aromatic carbocycles. The lowest BCUT2D eigenvalue weighted by Gasteiger charge is -2.35. The summed E-state index contributed by atoms with van der Waals surface area (Å²) < 4.78 is 5.81. The van der Waals surface area contributed by atoms with Crippen molar-refractivity contribution in [1.82, 2.24) is 5.32 Å². The smallest absolute Gasteiger partial charge is 0.0950 e. The summed E-state index contributed by atoms with van der Waals surface area (Å²) in [6, 6.07) is 6.56. The van der Waals surface area contributed by atoms with Crippen LogP contribution >= 0.6 is 11.6 Å². The minimum atomic E-state index is 0.149. The van der Waals surface area contributed by atoms with Crippen LogP contribution in [0.3, 0.4) is 0 Å². The number of hydrogen-bond donors (Lipinski definition) is 1. The molecule has 1 saturated carbocycles. The summed E-state index contributed by atoms with van der Waals surface area (Å²) in [5, 5.41) is 4.29. The van der Waals surface area contributed by atoms with Gasteiger partial charge < -0.3 is 10.1 Å². The Morgan fingerprint density at radius 2 is 2.00 bits per heavy atom. The molecule has 1 heterocycles. The Morgan fingerprint density at radius 3 is 2.62 bits per heavy atom. The predicted molar refractivity (Wildman–Crippen MR) is 88.0 cm³/mol. The van der Waals surface area contributed by atoms with Gasteiger partial charge in [0.15, 0.2) is 0 Å². The molecule has 1 unspecified atom stereocenters. The van der Waals surface area contributed by atoms with Crippen LogP contribution in [0.25, 0.3) is 0 Å². The van der Waals surface area contributed by atoms with Gasteiger partial charge in [-0.2, -0.15) is 0 Å². The van der Waals surface area contributed by atoms with Crippen molar-refractivity contribution in [3.8, 4) is 0 Å². The van der Waals surface area contributed by atoms with Crippen molar-refractivity contribution in [2.24, 2.45) is 5.41 Å². The average molecular weight is 308 g/mol. The van der Waals surface area contributed by atoms with Crippen LogP contribution in [-0.4, -0.2) is 19.7 Å². The Kier molecular flexibility index (Phi) is 4.58. The van der Waals surface area contributed by atoms with Gasteiger partial charge in [0.2, 0.25) is 0 Å². The molecule has 1 aromatic rings. The van der Waals surface area contributed by atoms with E-state index in [4.69, 9.17) is 16.3 Å². The van der Waals surface area contributed by atoms with Crippen molar-refractivity contribution >= 4 is 11.6 Å². The van der Waals surface area contributed by atoms with Crippen molar-refractivity contribution in [3.05, 3.63) is 34.3 Å². The molecule has 0 radical (unpaired) electrons. The topological polar surface area (TPSA) is 21.3 Å². The molecule has 3 heteroatoms. The van der Waals surface area contributed by atoms with E-state index in [2.05, 4.69) is 37.4 Å². The molecule has 0 spiro atoms. The summed E-state index contributed by atoms with van der Waals surface area (Å²) in [7, 11) is 0. The Balaban J connectivity index is 1.72. The number of halogens is 1. The summed E-state index contributed by atoms with van der Waals surface area (Å²) in [5.41, 5.74) is 3.04. The van der Waals surface area contributed by atoms with E-state index in [9.17, 15) is 0 Å². The van der Waals surface area contributed by atoms with Crippen LogP contribution < -0.4 is 5.32 Å². The van der Waals surface area contributed by atoms with E-state index in [-0.39, 0.29) is 6.10 Å². The van der Waals surface area contributed by atoms with Crippen molar-refractivity contribution in [1.29, 1.82) is 0 Å². The molecule has 1 atom stereocenters. The lowest BCUT2D eigenvalue weighted by atomic mass is 9.71. The summed E-state index contributed by atoms with van der Waals surface area (Å²) in [5.74, 6) is 0.630. The molecule has 116 valence electrons. The first-order valence-corrected chi connectivity index (χ1v) is 8.55. The van der Waals surface area contributed by atoms with Crippen LogP contribution in [0.4, 0.5) is 0 Å². The minimum Gasteiger partial charge on any atom is -0.371 e. The summed E-state index contributed by atoms with van der Waals surface area (Å²) in [4.78, 5) is 0. The fourth-order valence-corrected chi connectivity index (χ4v) is 3.91. The minimum absolute atomic E-state index is 0.149. The Bertz CT molecular complexity index is 484. The molecular formula is C18H26ClNO. The molecule has 2 fully saturated rings. The first kappa shape index (κ1) is 15.3. The summed E-state index contributed by atoms with van der Waals surface area (Å²) >= 11 is 6.58. The molecule has 0 bridgehead atoms. The van der Waals surface area contributed by atoms with E-state index in [1.54, 1.807) is 0 Å². The molecule has 0 amide bonds. The van der Waals surface area contributed by atoms with Crippen LogP contribution in [0.15, 0.2) is 18.2 Å². The Morgan fingerprint density at radius 1 is 1.24 bits per heavy atom. The fourth-order valence-electron chi connectivity index (χ4n) is 3.56. The molecular weight excluding hydrogens is 282 g/mol. The quantitative estimate of drug-likeness (QED) is 0.856. The molecule has 2 aliphatic rings. The van der Waals surface area contributed by atoms with Crippen molar-refractivity contribution in [2.45, 2.75) is 51.6 Å². The van der Waals surface area contributed by atoms with Gasteiger partial charge in [-0.3, -0.25) is 0 Å². The van der Waals surface area contributed by atoms with E-state index in [1.165, 1.54) is 36.8 Å². The molecule has 3 rings (SSSR count). The highest BCUT2D eigenvalue weighted by Gasteiger charge is 2.28. The maximum atomic E-state index is 6.58. The van der Waals surface area contributed by atoms with Gasteiger partial charge in [-0.1, -0.05) is 37.6 Å². The van der Waals surface area contributed by atoms with Crippen LogP contribution in [0.1, 0.15) is 62.7 Å². The largest absolute Gasteiger partial charge is 0.371 e. The highest BCUT2D eigenvalue weighted by atomic mass is 35.5. The number of nitrogens with one attached hydrogen (secondary N) is 1. The first-order chi connectivity index (χ1) is 10.1. The zero-order valence-corrected chi connectivity index (χ0v) is 13.9. The van der Waals surface area contributed by atoms with Gasteiger partial charge in [0.25, 0.3) is 0 Å². The number of rotatable bonds is 2. The second-order valence-electron chi connectivity index (χ2n) is 7.28. The van der Waals surface area contributed by atoms with Gasteiger partial charge in [0.05, 0.1) is 12.7 Å². The maximum Gasteiger partial charge on any atom is 0.0950 e. The van der Waals surface area contributed by atoms with Crippen LogP contribution in [-0.2, 0) is 4.74 Å². The SMILES string of the molecule is CC1(C)CCC(c2ccc(C3CNCCO3)cc2Cl)CC1. The normalized spacial score (nSPS) is 26.7. The van der Waals surface area contributed by atoms with Gasteiger partial charge in [-0.25, -0.2) is 0 Å². The fraction of sp³-hybridized carbons (Fsp3) is 0.667. The number of morpholine rings is 1. The molecule has 1 N–H and O–H groups in total. The highest BCUT2D eigenvalue weighted by molar-refractivity contribution is 6.31. The summed E-state index contributed by atoms with van der Waals surface area (Å²) in [6.07, 6.45) is 5.26. The standard InChI is InChI=1S/C18H26ClNO/c1-18(2)7-5-13(6-8-18)15-4-3-14(11-16(15)19)17-12-20-9-10-21-17/h3-4,11,13,17,20H,5-10,12H2,1-2H3. The zero-order valence-electron chi connectivity index (χ0n) is 13.1. The monoisotopic (exact) mass is 307 g/mol. The van der Waals surface area contributed by atoms with E-state index < -0.39 is 0 Å². The molecule has 0 aromatic heterocycles.